The molecule has 0 aromatic carbocycles. The van der Waals surface area contributed by atoms with E-state index in [1.165, 1.54) is 12.8 Å². The van der Waals surface area contributed by atoms with Crippen molar-refractivity contribution in [1.82, 2.24) is 9.44 Å². The average Bonchev–Trinajstić information content (AvgIpc) is 2.43. The van der Waals surface area contributed by atoms with Gasteiger partial charge in [0.2, 0.25) is 0 Å². The fourth-order valence-electron chi connectivity index (χ4n) is 2.26. The van der Waals surface area contributed by atoms with Crippen LogP contribution >= 0.6 is 0 Å². The fraction of sp³-hybridized carbons (Fsp3) is 1.00. The SMILES string of the molecule is CCNS(=O)(=O)NC1(CN)CCCCCC1. The molecule has 0 spiro atoms. The molecule has 0 aromatic rings. The van der Waals surface area contributed by atoms with Gasteiger partial charge in [-0.25, -0.2) is 4.72 Å². The largest absolute Gasteiger partial charge is 0.329 e. The standard InChI is InChI=1S/C10H23N3O2S/c1-2-12-16(14,15)13-10(9-11)7-5-3-4-6-8-10/h12-13H,2-9,11H2,1H3. The van der Waals surface area contributed by atoms with Crippen molar-refractivity contribution in [2.75, 3.05) is 13.1 Å². The van der Waals surface area contributed by atoms with E-state index in [2.05, 4.69) is 9.44 Å². The molecule has 0 radical (unpaired) electrons. The maximum absolute atomic E-state index is 11.7. The second kappa shape index (κ2) is 5.95. The Morgan fingerprint density at radius 1 is 1.19 bits per heavy atom. The van der Waals surface area contributed by atoms with Crippen LogP contribution in [0.15, 0.2) is 0 Å². The van der Waals surface area contributed by atoms with Gasteiger partial charge in [0.1, 0.15) is 0 Å². The normalized spacial score (nSPS) is 21.6. The van der Waals surface area contributed by atoms with Gasteiger partial charge in [-0.05, 0) is 12.8 Å². The van der Waals surface area contributed by atoms with Crippen molar-refractivity contribution in [3.8, 4) is 0 Å². The molecule has 1 fully saturated rings. The van der Waals surface area contributed by atoms with Gasteiger partial charge in [0.15, 0.2) is 0 Å². The van der Waals surface area contributed by atoms with Crippen LogP contribution in [-0.4, -0.2) is 27.0 Å². The molecule has 0 aliphatic heterocycles. The highest BCUT2D eigenvalue weighted by atomic mass is 32.2. The lowest BCUT2D eigenvalue weighted by Gasteiger charge is -2.32. The summed E-state index contributed by atoms with van der Waals surface area (Å²) >= 11 is 0. The zero-order valence-electron chi connectivity index (χ0n) is 9.96. The molecular formula is C10H23N3O2S. The van der Waals surface area contributed by atoms with Crippen LogP contribution in [0.2, 0.25) is 0 Å². The highest BCUT2D eigenvalue weighted by Crippen LogP contribution is 2.26. The molecule has 0 amide bonds. The first-order valence-electron chi connectivity index (χ1n) is 6.02. The lowest BCUT2D eigenvalue weighted by molar-refractivity contribution is 0.341. The maximum atomic E-state index is 11.7. The van der Waals surface area contributed by atoms with Crippen molar-refractivity contribution in [1.29, 1.82) is 0 Å². The summed E-state index contributed by atoms with van der Waals surface area (Å²) < 4.78 is 28.6. The molecule has 0 saturated heterocycles. The number of hydrogen-bond donors (Lipinski definition) is 3. The van der Waals surface area contributed by atoms with Crippen LogP contribution in [0.5, 0.6) is 0 Å². The predicted molar refractivity (Wildman–Crippen MR) is 65.2 cm³/mol. The number of nitrogens with one attached hydrogen (secondary N) is 2. The van der Waals surface area contributed by atoms with Crippen molar-refractivity contribution in [2.45, 2.75) is 51.0 Å². The van der Waals surface area contributed by atoms with E-state index >= 15 is 0 Å². The third-order valence-electron chi connectivity index (χ3n) is 3.14. The summed E-state index contributed by atoms with van der Waals surface area (Å²) in [5, 5.41) is 0. The van der Waals surface area contributed by atoms with Crippen molar-refractivity contribution < 1.29 is 8.42 Å². The van der Waals surface area contributed by atoms with Gasteiger partial charge in [-0.1, -0.05) is 32.6 Å². The molecule has 1 saturated carbocycles. The van der Waals surface area contributed by atoms with Crippen molar-refractivity contribution in [3.63, 3.8) is 0 Å². The van der Waals surface area contributed by atoms with E-state index in [4.69, 9.17) is 5.73 Å². The third kappa shape index (κ3) is 4.01. The van der Waals surface area contributed by atoms with Crippen molar-refractivity contribution >= 4 is 10.2 Å². The smallest absolute Gasteiger partial charge is 0.277 e. The van der Waals surface area contributed by atoms with Crippen LogP contribution in [0, 0.1) is 0 Å². The molecule has 5 nitrogen and oxygen atoms in total. The van der Waals surface area contributed by atoms with E-state index < -0.39 is 15.7 Å². The van der Waals surface area contributed by atoms with Crippen LogP contribution in [0.25, 0.3) is 0 Å². The van der Waals surface area contributed by atoms with E-state index in [0.717, 1.165) is 25.7 Å². The topological polar surface area (TPSA) is 84.2 Å². The first-order chi connectivity index (χ1) is 7.54. The second-order valence-corrected chi connectivity index (χ2v) is 6.00. The minimum absolute atomic E-state index is 0.373. The Bertz CT molecular complexity index is 295. The van der Waals surface area contributed by atoms with Gasteiger partial charge >= 0.3 is 0 Å². The molecule has 16 heavy (non-hydrogen) atoms. The molecule has 4 N–H and O–H groups in total. The van der Waals surface area contributed by atoms with Crippen molar-refractivity contribution in [3.05, 3.63) is 0 Å². The van der Waals surface area contributed by atoms with E-state index in [1.54, 1.807) is 6.92 Å². The van der Waals surface area contributed by atoms with E-state index in [0.29, 0.717) is 13.1 Å². The van der Waals surface area contributed by atoms with E-state index in [-0.39, 0.29) is 0 Å². The zero-order valence-corrected chi connectivity index (χ0v) is 10.8. The number of rotatable bonds is 5. The van der Waals surface area contributed by atoms with Gasteiger partial charge in [-0.3, -0.25) is 0 Å². The van der Waals surface area contributed by atoms with Crippen LogP contribution in [0.1, 0.15) is 45.4 Å². The van der Waals surface area contributed by atoms with E-state index in [9.17, 15) is 8.42 Å². The Kier molecular flexibility index (Phi) is 5.17. The van der Waals surface area contributed by atoms with Gasteiger partial charge in [0.05, 0.1) is 0 Å². The molecule has 1 aliphatic carbocycles. The Hall–Kier alpha value is -0.170. The van der Waals surface area contributed by atoms with Crippen LogP contribution in [0.3, 0.4) is 0 Å². The minimum Gasteiger partial charge on any atom is -0.329 e. The molecule has 1 aliphatic rings. The molecule has 0 unspecified atom stereocenters. The Morgan fingerprint density at radius 3 is 2.19 bits per heavy atom. The quantitative estimate of drug-likeness (QED) is 0.620. The predicted octanol–water partition coefficient (Wildman–Crippen LogP) is 0.482. The molecule has 0 bridgehead atoms. The zero-order chi connectivity index (χ0) is 12.1. The highest BCUT2D eigenvalue weighted by Gasteiger charge is 2.33. The van der Waals surface area contributed by atoms with Crippen LogP contribution < -0.4 is 15.2 Å². The van der Waals surface area contributed by atoms with Crippen molar-refractivity contribution in [2.24, 2.45) is 5.73 Å². The summed E-state index contributed by atoms with van der Waals surface area (Å²) in [6, 6.07) is 0. The molecule has 1 rings (SSSR count). The Balaban J connectivity index is 2.71. The average molecular weight is 249 g/mol. The summed E-state index contributed by atoms with van der Waals surface area (Å²) in [6.07, 6.45) is 6.12. The first kappa shape index (κ1) is 13.9. The molecule has 0 heterocycles. The summed E-state index contributed by atoms with van der Waals surface area (Å²) in [5.41, 5.74) is 5.32. The monoisotopic (exact) mass is 249 g/mol. The van der Waals surface area contributed by atoms with Gasteiger partial charge in [0.25, 0.3) is 10.2 Å². The van der Waals surface area contributed by atoms with E-state index in [1.807, 2.05) is 0 Å². The van der Waals surface area contributed by atoms with Crippen LogP contribution in [-0.2, 0) is 10.2 Å². The molecular weight excluding hydrogens is 226 g/mol. The van der Waals surface area contributed by atoms with Gasteiger partial charge < -0.3 is 5.73 Å². The lowest BCUT2D eigenvalue weighted by atomic mass is 9.92. The summed E-state index contributed by atoms with van der Waals surface area (Å²) in [4.78, 5) is 0. The highest BCUT2D eigenvalue weighted by molar-refractivity contribution is 7.87. The Morgan fingerprint density at radius 2 is 1.75 bits per heavy atom. The molecule has 0 atom stereocenters. The molecule has 6 heteroatoms. The first-order valence-corrected chi connectivity index (χ1v) is 7.50. The Labute approximate surface area is 98.4 Å². The lowest BCUT2D eigenvalue weighted by Crippen LogP contribution is -2.56. The maximum Gasteiger partial charge on any atom is 0.277 e. The van der Waals surface area contributed by atoms with Crippen LogP contribution in [0.4, 0.5) is 0 Å². The molecule has 0 aromatic heterocycles. The molecule has 96 valence electrons. The van der Waals surface area contributed by atoms with Gasteiger partial charge in [0, 0.05) is 18.6 Å². The number of nitrogens with two attached hydrogens (primary N) is 1. The summed E-state index contributed by atoms with van der Waals surface area (Å²) in [5.74, 6) is 0. The van der Waals surface area contributed by atoms with Gasteiger partial charge in [-0.15, -0.1) is 0 Å². The number of hydrogen-bond acceptors (Lipinski definition) is 3. The van der Waals surface area contributed by atoms with Gasteiger partial charge in [-0.2, -0.15) is 13.1 Å². The second-order valence-electron chi connectivity index (χ2n) is 4.50. The fourth-order valence-corrected chi connectivity index (χ4v) is 3.57. The minimum atomic E-state index is -3.40. The third-order valence-corrected chi connectivity index (χ3v) is 4.51. The summed E-state index contributed by atoms with van der Waals surface area (Å²) in [6.45, 7) is 2.54. The summed E-state index contributed by atoms with van der Waals surface area (Å²) in [7, 11) is -3.40.